The number of nitrogens with zero attached hydrogens (tertiary/aromatic N) is 3. The largest absolute Gasteiger partial charge is 0.350 e. The van der Waals surface area contributed by atoms with Crippen LogP contribution < -0.4 is 5.32 Å². The fraction of sp³-hybridized carbons (Fsp3) is 0.375. The Kier molecular flexibility index (Phi) is 3.53. The van der Waals surface area contributed by atoms with Crippen LogP contribution in [0.15, 0.2) is 24.3 Å². The third-order valence-corrected chi connectivity index (χ3v) is 4.10. The molecule has 0 aliphatic heterocycles. The number of aromatic nitrogens is 5. The van der Waals surface area contributed by atoms with Crippen molar-refractivity contribution >= 4 is 16.9 Å². The Balaban J connectivity index is 1.30. The topological polar surface area (TPSA) is 99.4 Å². The average Bonchev–Trinajstić information content (AvgIpc) is 3.15. The summed E-state index contributed by atoms with van der Waals surface area (Å²) in [6.45, 7) is 0.432. The smallest absolute Gasteiger partial charge is 0.220 e. The fourth-order valence-electron chi connectivity index (χ4n) is 2.70. The molecule has 4 rings (SSSR count). The van der Waals surface area contributed by atoms with Crippen LogP contribution >= 0.6 is 0 Å². The summed E-state index contributed by atoms with van der Waals surface area (Å²) in [6, 6.07) is 7.86. The van der Waals surface area contributed by atoms with Crippen molar-refractivity contribution in [3.8, 4) is 0 Å². The van der Waals surface area contributed by atoms with E-state index in [1.54, 1.807) is 0 Å². The Hall–Kier alpha value is -2.70. The maximum absolute atomic E-state index is 12.0. The molecule has 1 aromatic carbocycles. The SMILES string of the molecule is O=C(CCc1nc2ccccc2[nH]1)NCc1n[nH]nc1C1CC1. The number of rotatable bonds is 6. The second kappa shape index (κ2) is 5.83. The van der Waals surface area contributed by atoms with E-state index in [0.29, 0.717) is 25.3 Å². The molecule has 0 unspecified atom stereocenters. The molecule has 1 fully saturated rings. The number of hydrogen-bond acceptors (Lipinski definition) is 4. The Labute approximate surface area is 132 Å². The van der Waals surface area contributed by atoms with Gasteiger partial charge in [0.25, 0.3) is 0 Å². The van der Waals surface area contributed by atoms with E-state index in [0.717, 1.165) is 28.2 Å². The van der Waals surface area contributed by atoms with Gasteiger partial charge in [-0.3, -0.25) is 4.79 Å². The molecule has 1 aliphatic carbocycles. The summed E-state index contributed by atoms with van der Waals surface area (Å²) in [7, 11) is 0. The molecule has 23 heavy (non-hydrogen) atoms. The summed E-state index contributed by atoms with van der Waals surface area (Å²) < 4.78 is 0. The van der Waals surface area contributed by atoms with E-state index in [2.05, 4.69) is 30.7 Å². The van der Waals surface area contributed by atoms with Gasteiger partial charge in [-0.1, -0.05) is 12.1 Å². The first-order valence-electron chi connectivity index (χ1n) is 7.89. The number of aryl methyl sites for hydroxylation is 1. The van der Waals surface area contributed by atoms with Crippen molar-refractivity contribution in [2.45, 2.75) is 38.1 Å². The zero-order valence-corrected chi connectivity index (χ0v) is 12.7. The summed E-state index contributed by atoms with van der Waals surface area (Å²) >= 11 is 0. The lowest BCUT2D eigenvalue weighted by atomic mass is 10.2. The lowest BCUT2D eigenvalue weighted by Crippen LogP contribution is -2.23. The highest BCUT2D eigenvalue weighted by molar-refractivity contribution is 5.77. The summed E-state index contributed by atoms with van der Waals surface area (Å²) in [5.74, 6) is 1.35. The summed E-state index contributed by atoms with van der Waals surface area (Å²) in [6.07, 6.45) is 3.32. The van der Waals surface area contributed by atoms with Crippen molar-refractivity contribution in [1.82, 2.24) is 30.7 Å². The minimum Gasteiger partial charge on any atom is -0.350 e. The summed E-state index contributed by atoms with van der Waals surface area (Å²) in [5.41, 5.74) is 3.78. The molecule has 0 saturated heterocycles. The van der Waals surface area contributed by atoms with E-state index >= 15 is 0 Å². The average molecular weight is 310 g/mol. The first-order valence-corrected chi connectivity index (χ1v) is 7.89. The van der Waals surface area contributed by atoms with Crippen molar-refractivity contribution in [1.29, 1.82) is 0 Å². The number of nitrogens with one attached hydrogen (secondary N) is 3. The van der Waals surface area contributed by atoms with Gasteiger partial charge in [0.15, 0.2) is 0 Å². The maximum Gasteiger partial charge on any atom is 0.220 e. The second-order valence-electron chi connectivity index (χ2n) is 5.91. The van der Waals surface area contributed by atoms with Crippen LogP contribution in [0.1, 0.15) is 42.4 Å². The molecule has 7 heteroatoms. The van der Waals surface area contributed by atoms with Crippen LogP contribution in [0.2, 0.25) is 0 Å². The Morgan fingerprint density at radius 1 is 1.26 bits per heavy atom. The van der Waals surface area contributed by atoms with Gasteiger partial charge in [0.05, 0.1) is 23.3 Å². The number of benzene rings is 1. The Morgan fingerprint density at radius 2 is 2.13 bits per heavy atom. The van der Waals surface area contributed by atoms with Crippen LogP contribution in [0.5, 0.6) is 0 Å². The molecule has 3 aromatic rings. The van der Waals surface area contributed by atoms with Crippen molar-refractivity contribution in [3.05, 3.63) is 41.5 Å². The molecule has 2 aromatic heterocycles. The zero-order chi connectivity index (χ0) is 15.6. The van der Waals surface area contributed by atoms with Gasteiger partial charge in [-0.15, -0.1) is 0 Å². The first kappa shape index (κ1) is 13.9. The van der Waals surface area contributed by atoms with Gasteiger partial charge >= 0.3 is 0 Å². The second-order valence-corrected chi connectivity index (χ2v) is 5.91. The van der Waals surface area contributed by atoms with Crippen molar-refractivity contribution in [3.63, 3.8) is 0 Å². The van der Waals surface area contributed by atoms with Gasteiger partial charge in [-0.25, -0.2) is 4.98 Å². The number of amides is 1. The number of carbonyl (C=O) groups excluding carboxylic acids is 1. The van der Waals surface area contributed by atoms with Crippen LogP contribution in [0, 0.1) is 0 Å². The molecular weight excluding hydrogens is 292 g/mol. The van der Waals surface area contributed by atoms with Crippen molar-refractivity contribution in [2.75, 3.05) is 0 Å². The lowest BCUT2D eigenvalue weighted by molar-refractivity contribution is -0.121. The molecule has 0 bridgehead atoms. The van der Waals surface area contributed by atoms with E-state index in [9.17, 15) is 4.79 Å². The number of fused-ring (bicyclic) bond motifs is 1. The van der Waals surface area contributed by atoms with Gasteiger partial charge in [-0.05, 0) is 25.0 Å². The molecular formula is C16H18N6O. The van der Waals surface area contributed by atoms with Gasteiger partial charge < -0.3 is 10.3 Å². The third kappa shape index (κ3) is 3.08. The van der Waals surface area contributed by atoms with Gasteiger partial charge in [0.1, 0.15) is 11.5 Å². The number of carbonyl (C=O) groups is 1. The number of para-hydroxylation sites is 2. The zero-order valence-electron chi connectivity index (χ0n) is 12.7. The first-order chi connectivity index (χ1) is 11.3. The summed E-state index contributed by atoms with van der Waals surface area (Å²) in [4.78, 5) is 19.7. The fourth-order valence-corrected chi connectivity index (χ4v) is 2.70. The van der Waals surface area contributed by atoms with Crippen LogP contribution in [-0.2, 0) is 17.8 Å². The van der Waals surface area contributed by atoms with Crippen LogP contribution in [0.3, 0.4) is 0 Å². The highest BCUT2D eigenvalue weighted by atomic mass is 16.1. The number of imidazole rings is 1. The molecule has 1 saturated carbocycles. The minimum atomic E-state index is -0.00444. The molecule has 1 amide bonds. The predicted molar refractivity (Wildman–Crippen MR) is 84.6 cm³/mol. The summed E-state index contributed by atoms with van der Waals surface area (Å²) in [5, 5.41) is 13.9. The highest BCUT2D eigenvalue weighted by Crippen LogP contribution is 2.39. The Bertz CT molecular complexity index is 799. The van der Waals surface area contributed by atoms with Crippen LogP contribution in [0.25, 0.3) is 11.0 Å². The monoisotopic (exact) mass is 310 g/mol. The molecule has 118 valence electrons. The van der Waals surface area contributed by atoms with Crippen molar-refractivity contribution < 1.29 is 4.79 Å². The molecule has 0 spiro atoms. The van der Waals surface area contributed by atoms with E-state index < -0.39 is 0 Å². The predicted octanol–water partition coefficient (Wildman–Crippen LogP) is 1.81. The normalized spacial score (nSPS) is 14.3. The minimum absolute atomic E-state index is 0.00444. The number of aromatic amines is 2. The Morgan fingerprint density at radius 3 is 2.96 bits per heavy atom. The number of hydrogen-bond donors (Lipinski definition) is 3. The standard InChI is InChI=1S/C16H18N6O/c23-15(17-9-13-16(10-5-6-10)21-22-20-13)8-7-14-18-11-3-1-2-4-12(11)19-14/h1-4,10H,5-9H2,(H,17,23)(H,18,19)(H,20,21,22). The van der Waals surface area contributed by atoms with Crippen molar-refractivity contribution in [2.24, 2.45) is 0 Å². The molecule has 0 atom stereocenters. The molecule has 3 N–H and O–H groups in total. The van der Waals surface area contributed by atoms with Gasteiger partial charge in [-0.2, -0.15) is 15.4 Å². The third-order valence-electron chi connectivity index (χ3n) is 4.10. The highest BCUT2D eigenvalue weighted by Gasteiger charge is 2.29. The molecule has 2 heterocycles. The van der Waals surface area contributed by atoms with E-state index in [4.69, 9.17) is 0 Å². The van der Waals surface area contributed by atoms with E-state index in [-0.39, 0.29) is 5.91 Å². The van der Waals surface area contributed by atoms with Gasteiger partial charge in [0, 0.05) is 18.8 Å². The van der Waals surface area contributed by atoms with Crippen LogP contribution in [-0.4, -0.2) is 31.3 Å². The van der Waals surface area contributed by atoms with Gasteiger partial charge in [0.2, 0.25) is 5.91 Å². The quantitative estimate of drug-likeness (QED) is 0.646. The molecule has 7 nitrogen and oxygen atoms in total. The maximum atomic E-state index is 12.0. The molecule has 1 aliphatic rings. The lowest BCUT2D eigenvalue weighted by Gasteiger charge is -2.03. The van der Waals surface area contributed by atoms with Crippen LogP contribution in [0.4, 0.5) is 0 Å². The van der Waals surface area contributed by atoms with E-state index in [1.165, 1.54) is 12.8 Å². The van der Waals surface area contributed by atoms with E-state index in [1.807, 2.05) is 24.3 Å². The molecule has 0 radical (unpaired) electrons. The number of H-pyrrole nitrogens is 2.